The first kappa shape index (κ1) is 11.9. The van der Waals surface area contributed by atoms with Gasteiger partial charge < -0.3 is 4.74 Å². The highest BCUT2D eigenvalue weighted by Gasteiger charge is 2.20. The zero-order valence-corrected chi connectivity index (χ0v) is 8.72. The van der Waals surface area contributed by atoms with Gasteiger partial charge in [0, 0.05) is 6.42 Å². The number of unbranched alkanes of at least 4 members (excludes halogenated alkanes) is 1. The van der Waals surface area contributed by atoms with Crippen LogP contribution in [0, 0.1) is 0 Å². The van der Waals surface area contributed by atoms with Crippen LogP contribution in [-0.2, 0) is 9.84 Å². The Kier molecular flexibility index (Phi) is 5.51. The van der Waals surface area contributed by atoms with E-state index in [4.69, 9.17) is 4.74 Å². The first-order chi connectivity index (χ1) is 5.52. The Bertz CT molecular complexity index is 110. The normalized spacial score (nSPS) is 14.8. The Morgan fingerprint density at radius 3 is 2.33 bits per heavy atom. The lowest BCUT2D eigenvalue weighted by atomic mass is 10.1. The van der Waals surface area contributed by atoms with E-state index >= 15 is 0 Å². The molecule has 0 aromatic carbocycles. The van der Waals surface area contributed by atoms with E-state index < -0.39 is 6.29 Å². The van der Waals surface area contributed by atoms with Gasteiger partial charge in [0.1, 0.15) is 0 Å². The third-order valence-corrected chi connectivity index (χ3v) is 2.10. The van der Waals surface area contributed by atoms with Gasteiger partial charge >= 0.3 is 0 Å². The van der Waals surface area contributed by atoms with Crippen molar-refractivity contribution in [2.45, 2.75) is 65.3 Å². The van der Waals surface area contributed by atoms with Gasteiger partial charge in [-0.1, -0.05) is 20.3 Å². The highest BCUT2D eigenvalue weighted by atomic mass is 16.6. The minimum atomic E-state index is -0.833. The standard InChI is InChI=1S/C10H21O2/c1-5-7-8-9(11)12-10(3,4)6-2/h9H,5-8H2,1-4H3. The topological polar surface area (TPSA) is 29.1 Å². The van der Waals surface area contributed by atoms with Crippen LogP contribution < -0.4 is 0 Å². The summed E-state index contributed by atoms with van der Waals surface area (Å²) >= 11 is 0. The fourth-order valence-corrected chi connectivity index (χ4v) is 0.869. The molecule has 0 spiro atoms. The van der Waals surface area contributed by atoms with Gasteiger partial charge in [-0.25, -0.2) is 5.11 Å². The fourth-order valence-electron chi connectivity index (χ4n) is 0.869. The van der Waals surface area contributed by atoms with Gasteiger partial charge in [-0.2, -0.15) is 0 Å². The molecule has 0 aromatic heterocycles. The molecule has 2 heteroatoms. The van der Waals surface area contributed by atoms with Crippen LogP contribution in [0.25, 0.3) is 0 Å². The summed E-state index contributed by atoms with van der Waals surface area (Å²) in [5, 5.41) is 11.2. The van der Waals surface area contributed by atoms with Gasteiger partial charge in [-0.15, -0.1) is 0 Å². The van der Waals surface area contributed by atoms with Crippen LogP contribution in [0.5, 0.6) is 0 Å². The molecule has 1 unspecified atom stereocenters. The molecule has 0 saturated carbocycles. The maximum atomic E-state index is 11.2. The van der Waals surface area contributed by atoms with Crippen LogP contribution in [0.15, 0.2) is 0 Å². The summed E-state index contributed by atoms with van der Waals surface area (Å²) in [6, 6.07) is 0. The van der Waals surface area contributed by atoms with Crippen LogP contribution in [0.2, 0.25) is 0 Å². The first-order valence-corrected chi connectivity index (χ1v) is 4.85. The molecular formula is C10H21O2. The summed E-state index contributed by atoms with van der Waals surface area (Å²) in [6.07, 6.45) is 2.72. The minimum Gasteiger partial charge on any atom is -0.344 e. The van der Waals surface area contributed by atoms with E-state index in [1.807, 2.05) is 20.8 Å². The molecule has 0 fully saturated rings. The summed E-state index contributed by atoms with van der Waals surface area (Å²) < 4.78 is 5.33. The zero-order chi connectivity index (χ0) is 9.61. The molecule has 0 heterocycles. The Balaban J connectivity index is 3.60. The van der Waals surface area contributed by atoms with Crippen LogP contribution in [-0.4, -0.2) is 11.9 Å². The monoisotopic (exact) mass is 173 g/mol. The summed E-state index contributed by atoms with van der Waals surface area (Å²) in [4.78, 5) is 0. The SMILES string of the molecule is CCCCC([O])OC(C)(C)CC. The number of rotatable bonds is 6. The lowest BCUT2D eigenvalue weighted by Crippen LogP contribution is -2.29. The van der Waals surface area contributed by atoms with Gasteiger partial charge in [0.2, 0.25) is 0 Å². The lowest BCUT2D eigenvalue weighted by Gasteiger charge is -2.25. The van der Waals surface area contributed by atoms with Gasteiger partial charge in [0.25, 0.3) is 0 Å². The Labute approximate surface area is 75.9 Å². The average Bonchev–Trinajstić information content (AvgIpc) is 2.00. The molecule has 0 bridgehead atoms. The highest BCUT2D eigenvalue weighted by Crippen LogP contribution is 2.17. The third-order valence-electron chi connectivity index (χ3n) is 2.10. The minimum absolute atomic E-state index is 0.250. The van der Waals surface area contributed by atoms with Gasteiger partial charge in [0.15, 0.2) is 6.29 Å². The van der Waals surface area contributed by atoms with Gasteiger partial charge in [-0.3, -0.25) is 0 Å². The second kappa shape index (κ2) is 5.55. The zero-order valence-electron chi connectivity index (χ0n) is 8.72. The molecule has 0 aliphatic heterocycles. The Morgan fingerprint density at radius 1 is 1.33 bits per heavy atom. The van der Waals surface area contributed by atoms with E-state index in [1.165, 1.54) is 0 Å². The second-order valence-corrected chi connectivity index (χ2v) is 3.80. The molecule has 2 nitrogen and oxygen atoms in total. The third kappa shape index (κ3) is 5.56. The van der Waals surface area contributed by atoms with Crippen molar-refractivity contribution in [3.05, 3.63) is 0 Å². The summed E-state index contributed by atoms with van der Waals surface area (Å²) in [5.41, 5.74) is -0.250. The molecule has 0 aliphatic carbocycles. The lowest BCUT2D eigenvalue weighted by molar-refractivity contribution is -0.205. The molecule has 1 radical (unpaired) electrons. The molecule has 12 heavy (non-hydrogen) atoms. The summed E-state index contributed by atoms with van der Waals surface area (Å²) in [6.45, 7) is 8.04. The largest absolute Gasteiger partial charge is 0.344 e. The number of hydrogen-bond acceptors (Lipinski definition) is 1. The Hall–Kier alpha value is -0.0800. The summed E-state index contributed by atoms with van der Waals surface area (Å²) in [7, 11) is 0. The quantitative estimate of drug-likeness (QED) is 0.567. The van der Waals surface area contributed by atoms with Crippen LogP contribution in [0.3, 0.4) is 0 Å². The van der Waals surface area contributed by atoms with Crippen LogP contribution in [0.1, 0.15) is 53.4 Å². The van der Waals surface area contributed by atoms with Crippen molar-refractivity contribution in [3.8, 4) is 0 Å². The molecule has 73 valence electrons. The molecule has 0 rings (SSSR count). The maximum absolute atomic E-state index is 11.2. The van der Waals surface area contributed by atoms with E-state index in [0.717, 1.165) is 19.3 Å². The molecule has 0 aliphatic rings. The average molecular weight is 173 g/mol. The van der Waals surface area contributed by atoms with Crippen LogP contribution >= 0.6 is 0 Å². The van der Waals surface area contributed by atoms with Crippen molar-refractivity contribution < 1.29 is 9.84 Å². The van der Waals surface area contributed by atoms with Gasteiger partial charge in [-0.05, 0) is 26.7 Å². The van der Waals surface area contributed by atoms with Crippen molar-refractivity contribution >= 4 is 0 Å². The van der Waals surface area contributed by atoms with Crippen LogP contribution in [0.4, 0.5) is 0 Å². The molecule has 0 saturated heterocycles. The summed E-state index contributed by atoms with van der Waals surface area (Å²) in [5.74, 6) is 0. The predicted octanol–water partition coefficient (Wildman–Crippen LogP) is 3.14. The molecular weight excluding hydrogens is 152 g/mol. The molecule has 0 aromatic rings. The fraction of sp³-hybridized carbons (Fsp3) is 1.00. The molecule has 0 N–H and O–H groups in total. The number of hydrogen-bond donors (Lipinski definition) is 0. The van der Waals surface area contributed by atoms with E-state index in [0.29, 0.717) is 6.42 Å². The Morgan fingerprint density at radius 2 is 1.92 bits per heavy atom. The van der Waals surface area contributed by atoms with Crippen molar-refractivity contribution in [2.75, 3.05) is 0 Å². The van der Waals surface area contributed by atoms with Crippen molar-refractivity contribution in [2.24, 2.45) is 0 Å². The van der Waals surface area contributed by atoms with Crippen molar-refractivity contribution in [1.82, 2.24) is 0 Å². The van der Waals surface area contributed by atoms with E-state index in [2.05, 4.69) is 6.92 Å². The second-order valence-electron chi connectivity index (χ2n) is 3.80. The van der Waals surface area contributed by atoms with E-state index in [1.54, 1.807) is 0 Å². The highest BCUT2D eigenvalue weighted by molar-refractivity contribution is 4.65. The molecule has 1 atom stereocenters. The molecule has 0 amide bonds. The van der Waals surface area contributed by atoms with Crippen molar-refractivity contribution in [3.63, 3.8) is 0 Å². The first-order valence-electron chi connectivity index (χ1n) is 4.85. The van der Waals surface area contributed by atoms with E-state index in [-0.39, 0.29) is 5.60 Å². The predicted molar refractivity (Wildman–Crippen MR) is 49.5 cm³/mol. The maximum Gasteiger partial charge on any atom is 0.191 e. The number of ether oxygens (including phenoxy) is 1. The van der Waals surface area contributed by atoms with Gasteiger partial charge in [0.05, 0.1) is 5.60 Å². The van der Waals surface area contributed by atoms with Crippen molar-refractivity contribution in [1.29, 1.82) is 0 Å². The van der Waals surface area contributed by atoms with E-state index in [9.17, 15) is 5.11 Å². The smallest absolute Gasteiger partial charge is 0.191 e.